The molecule has 10 heavy (non-hydrogen) atoms. The molecular formula is C10H12. The summed E-state index contributed by atoms with van der Waals surface area (Å²) in [6.45, 7) is -5.19. The summed E-state index contributed by atoms with van der Waals surface area (Å²) in [7, 11) is 0. The van der Waals surface area contributed by atoms with Gasteiger partial charge in [0.05, 0.1) is 0 Å². The van der Waals surface area contributed by atoms with Gasteiger partial charge < -0.3 is 0 Å². The second kappa shape index (κ2) is 3.21. The van der Waals surface area contributed by atoms with Crippen molar-refractivity contribution in [3.05, 3.63) is 41.5 Å². The zero-order chi connectivity index (χ0) is 12.4. The number of hydrogen-bond acceptors (Lipinski definition) is 0. The highest BCUT2D eigenvalue weighted by Crippen LogP contribution is 2.04. The number of benzene rings is 1. The predicted molar refractivity (Wildman–Crippen MR) is 45.8 cm³/mol. The monoisotopic (exact) mass is 138 g/mol. The molecule has 0 saturated heterocycles. The van der Waals surface area contributed by atoms with E-state index in [1.165, 1.54) is 6.08 Å². The maximum atomic E-state index is 7.20. The van der Waals surface area contributed by atoms with Crippen molar-refractivity contribution in [3.8, 4) is 0 Å². The molecule has 0 atom stereocenters. The van der Waals surface area contributed by atoms with E-state index in [2.05, 4.69) is 0 Å². The van der Waals surface area contributed by atoms with E-state index in [9.17, 15) is 0 Å². The summed E-state index contributed by atoms with van der Waals surface area (Å²) in [5.74, 6) is 0. The minimum absolute atomic E-state index is 0.508. The summed E-state index contributed by atoms with van der Waals surface area (Å²) < 4.78 is 43.2. The van der Waals surface area contributed by atoms with Crippen LogP contribution in [-0.2, 0) is 0 Å². The van der Waals surface area contributed by atoms with Gasteiger partial charge in [0.2, 0.25) is 0 Å². The van der Waals surface area contributed by atoms with Crippen molar-refractivity contribution in [1.82, 2.24) is 0 Å². The molecule has 0 aliphatic carbocycles. The highest BCUT2D eigenvalue weighted by molar-refractivity contribution is 5.51. The van der Waals surface area contributed by atoms with Crippen molar-refractivity contribution in [2.24, 2.45) is 0 Å². The van der Waals surface area contributed by atoms with Gasteiger partial charge in [-0.2, -0.15) is 0 Å². The Balaban J connectivity index is 3.19. The minimum Gasteiger partial charge on any atom is -0.0758 e. The van der Waals surface area contributed by atoms with Gasteiger partial charge in [-0.15, -0.1) is 0 Å². The van der Waals surface area contributed by atoms with E-state index in [1.807, 2.05) is 0 Å². The molecule has 0 spiro atoms. The third kappa shape index (κ3) is 2.06. The van der Waals surface area contributed by atoms with Crippen molar-refractivity contribution in [3.63, 3.8) is 0 Å². The Morgan fingerprint density at radius 1 is 1.30 bits per heavy atom. The maximum absolute atomic E-state index is 7.20. The molecule has 0 amide bonds. The lowest BCUT2D eigenvalue weighted by Crippen LogP contribution is -1.69. The Bertz CT molecular complexity index is 355. The van der Waals surface area contributed by atoms with Crippen LogP contribution in [0.4, 0.5) is 0 Å². The predicted octanol–water partition coefficient (Wildman–Crippen LogP) is 3.11. The van der Waals surface area contributed by atoms with Crippen LogP contribution in [0.5, 0.6) is 0 Å². The van der Waals surface area contributed by atoms with Crippen LogP contribution in [-0.4, -0.2) is 0 Å². The average Bonchev–Trinajstić information content (AvgIpc) is 2.12. The number of hydrogen-bond donors (Lipinski definition) is 0. The zero-order valence-electron chi connectivity index (χ0n) is 11.5. The van der Waals surface area contributed by atoms with E-state index in [0.717, 1.165) is 0 Å². The molecule has 1 aromatic carbocycles. The lowest BCUT2D eigenvalue weighted by Gasteiger charge is -1.91. The third-order valence-electron chi connectivity index (χ3n) is 1.11. The summed E-state index contributed by atoms with van der Waals surface area (Å²) in [5, 5.41) is 0. The molecule has 0 nitrogen and oxygen atoms in total. The number of allylic oxidation sites excluding steroid dienone is 1. The van der Waals surface area contributed by atoms with Gasteiger partial charge in [0.15, 0.2) is 0 Å². The Morgan fingerprint density at radius 3 is 2.60 bits per heavy atom. The van der Waals surface area contributed by atoms with E-state index >= 15 is 0 Å². The van der Waals surface area contributed by atoms with Gasteiger partial charge >= 0.3 is 0 Å². The molecule has 0 heterocycles. The first-order valence-corrected chi connectivity index (χ1v) is 2.99. The van der Waals surface area contributed by atoms with Gasteiger partial charge in [-0.3, -0.25) is 0 Å². The Labute approximate surface area is 70.6 Å². The molecule has 52 valence electrons. The quantitative estimate of drug-likeness (QED) is 0.559. The van der Waals surface area contributed by atoms with E-state index < -0.39 is 19.3 Å². The van der Waals surface area contributed by atoms with Crippen LogP contribution in [0.25, 0.3) is 6.08 Å². The highest BCUT2D eigenvalue weighted by atomic mass is 13.9. The Kier molecular flexibility index (Phi) is 0.814. The van der Waals surface area contributed by atoms with Gasteiger partial charge in [-0.1, -0.05) is 42.0 Å². The first kappa shape index (κ1) is 2.54. The van der Waals surface area contributed by atoms with Crippen molar-refractivity contribution >= 4 is 6.08 Å². The van der Waals surface area contributed by atoms with Crippen LogP contribution in [0, 0.1) is 0 Å². The molecule has 0 aliphatic rings. The zero-order valence-corrected chi connectivity index (χ0v) is 5.46. The molecular weight excluding hydrogens is 120 g/mol. The van der Waals surface area contributed by atoms with Crippen molar-refractivity contribution < 1.29 is 8.22 Å². The lowest BCUT2D eigenvalue weighted by molar-refractivity contribution is 1.42. The molecule has 1 aromatic rings. The van der Waals surface area contributed by atoms with E-state index in [0.29, 0.717) is 5.56 Å². The van der Waals surface area contributed by atoms with Gasteiger partial charge in [0, 0.05) is 8.22 Å². The first-order chi connectivity index (χ1) is 7.21. The normalized spacial score (nSPS) is 20.4. The molecule has 0 radical (unpaired) electrons. The highest BCUT2D eigenvalue weighted by Gasteiger charge is 1.82. The molecule has 0 aromatic heterocycles. The smallest absolute Gasteiger partial charge is 0.0276 e. The summed E-state index contributed by atoms with van der Waals surface area (Å²) >= 11 is 0. The molecule has 0 aliphatic heterocycles. The summed E-state index contributed by atoms with van der Waals surface area (Å²) in [5.41, 5.74) is 0.0657. The molecule has 0 unspecified atom stereocenters. The fourth-order valence-electron chi connectivity index (χ4n) is 0.716. The van der Waals surface area contributed by atoms with Crippen LogP contribution in [0.15, 0.2) is 35.9 Å². The first-order valence-electron chi connectivity index (χ1n) is 5.99. The molecule has 0 N–H and O–H groups in total. The molecule has 0 fully saturated rings. The van der Waals surface area contributed by atoms with Gasteiger partial charge in [0.25, 0.3) is 0 Å². The third-order valence-corrected chi connectivity index (χ3v) is 1.11. The van der Waals surface area contributed by atoms with Crippen LogP contribution < -0.4 is 0 Å². The lowest BCUT2D eigenvalue weighted by atomic mass is 10.2. The van der Waals surface area contributed by atoms with Crippen LogP contribution in [0.1, 0.15) is 27.5 Å². The molecule has 1 rings (SSSR count). The molecule has 0 saturated carbocycles. The summed E-state index contributed by atoms with van der Waals surface area (Å²) in [6, 6.07) is 8.56. The fraction of sp³-hybridized carbons (Fsp3) is 0.200. The van der Waals surface area contributed by atoms with Crippen LogP contribution >= 0.6 is 0 Å². The number of rotatable bonds is 1. The topological polar surface area (TPSA) is 0 Å². The average molecular weight is 138 g/mol. The molecule has 0 bridgehead atoms. The fourth-order valence-corrected chi connectivity index (χ4v) is 0.716. The van der Waals surface area contributed by atoms with Crippen LogP contribution in [0.3, 0.4) is 0 Å². The Morgan fingerprint density at radius 2 is 2.00 bits per heavy atom. The largest absolute Gasteiger partial charge is 0.0758 e. The van der Waals surface area contributed by atoms with Crippen molar-refractivity contribution in [2.45, 2.75) is 13.7 Å². The summed E-state index contributed by atoms with van der Waals surface area (Å²) in [4.78, 5) is 0. The maximum Gasteiger partial charge on any atom is 0.0276 e. The van der Waals surface area contributed by atoms with Crippen molar-refractivity contribution in [2.75, 3.05) is 0 Å². The van der Waals surface area contributed by atoms with E-state index in [4.69, 9.17) is 8.22 Å². The van der Waals surface area contributed by atoms with Gasteiger partial charge in [-0.05, 0) is 19.3 Å². The minimum atomic E-state index is -2.60. The second-order valence-electron chi connectivity index (χ2n) is 1.97. The summed E-state index contributed by atoms with van der Waals surface area (Å²) in [6.07, 6.45) is 1.21. The van der Waals surface area contributed by atoms with Gasteiger partial charge in [-0.25, -0.2) is 0 Å². The standard InChI is InChI=1S/C10H12/c1-9(2)8-10-6-4-3-5-7-10/h3-8H,1-2H3/i1D3,2D3. The second-order valence-corrected chi connectivity index (χ2v) is 1.97. The Hall–Kier alpha value is -1.04. The van der Waals surface area contributed by atoms with E-state index in [-0.39, 0.29) is 0 Å². The van der Waals surface area contributed by atoms with Crippen molar-refractivity contribution in [1.29, 1.82) is 0 Å². The van der Waals surface area contributed by atoms with E-state index in [1.54, 1.807) is 30.3 Å². The molecule has 0 heteroatoms. The SMILES string of the molecule is [2H]C([2H])([2H])C(=Cc1ccccc1)C([2H])([2H])[2H]. The van der Waals surface area contributed by atoms with Gasteiger partial charge in [0.1, 0.15) is 0 Å². The van der Waals surface area contributed by atoms with Crippen LogP contribution in [0.2, 0.25) is 0 Å².